The SMILES string of the molecule is CCCCCCCCOc1ccc(OC(=O)c2cc3c(c4ccccc24)OCC2(COc4c(cc(C(=O)Oc5ccc(OCCCCCCCC)cc5)c5ccccc45)C2)C3)cc1. The van der Waals surface area contributed by atoms with E-state index in [9.17, 15) is 9.59 Å². The van der Waals surface area contributed by atoms with Crippen LogP contribution in [0.2, 0.25) is 0 Å². The Hall–Kier alpha value is -6.02. The molecule has 0 unspecified atom stereocenters. The Morgan fingerprint density at radius 3 is 1.25 bits per heavy atom. The van der Waals surface area contributed by atoms with Crippen LogP contribution in [-0.2, 0) is 12.8 Å². The molecule has 0 bridgehead atoms. The third-order valence-corrected chi connectivity index (χ3v) is 12.4. The summed E-state index contributed by atoms with van der Waals surface area (Å²) in [6, 6.07) is 34.0. The van der Waals surface area contributed by atoms with E-state index in [1.54, 1.807) is 24.3 Å². The van der Waals surface area contributed by atoms with E-state index in [0.717, 1.165) is 81.4 Å². The molecular formula is C55H60O8. The van der Waals surface area contributed by atoms with E-state index in [-0.39, 0.29) is 0 Å². The molecule has 8 nitrogen and oxygen atoms in total. The molecule has 0 aliphatic carbocycles. The molecule has 0 amide bonds. The van der Waals surface area contributed by atoms with E-state index in [2.05, 4.69) is 13.8 Å². The fraction of sp³-hybridized carbons (Fsp3) is 0.382. The molecule has 0 radical (unpaired) electrons. The number of esters is 2. The molecule has 0 atom stereocenters. The first-order chi connectivity index (χ1) is 30.9. The van der Waals surface area contributed by atoms with Gasteiger partial charge in [-0.1, -0.05) is 127 Å². The summed E-state index contributed by atoms with van der Waals surface area (Å²) in [7, 11) is 0. The zero-order valence-electron chi connectivity index (χ0n) is 36.9. The summed E-state index contributed by atoms with van der Waals surface area (Å²) in [5.41, 5.74) is 2.33. The summed E-state index contributed by atoms with van der Waals surface area (Å²) in [5.74, 6) is 3.07. The van der Waals surface area contributed by atoms with Gasteiger partial charge in [0.25, 0.3) is 0 Å². The zero-order valence-corrected chi connectivity index (χ0v) is 36.9. The third kappa shape index (κ3) is 10.6. The van der Waals surface area contributed by atoms with Gasteiger partial charge in [0, 0.05) is 16.2 Å². The number of ether oxygens (including phenoxy) is 6. The van der Waals surface area contributed by atoms with Crippen molar-refractivity contribution in [3.8, 4) is 34.5 Å². The van der Waals surface area contributed by atoms with Crippen molar-refractivity contribution in [2.45, 2.75) is 104 Å². The van der Waals surface area contributed by atoms with E-state index >= 15 is 0 Å². The van der Waals surface area contributed by atoms with Crippen molar-refractivity contribution in [1.29, 1.82) is 0 Å². The highest BCUT2D eigenvalue weighted by atomic mass is 16.5. The standard InChI is InChI=1S/C55H60O8/c1-3-5-7-9-11-17-31-58-41-23-27-43(28-24-41)62-53(56)49-33-39-35-55(37-60-51(39)47-21-15-13-19-45(47)49)36-40-34-50(46-20-14-16-22-48(46)52(40)61-38-55)54(57)63-44-29-25-42(26-30-44)59-32-18-12-10-8-6-4-2/h13-16,19-30,33-34H,3-12,17-18,31-32,35-38H2,1-2H3. The van der Waals surface area contributed by atoms with Crippen LogP contribution in [0.25, 0.3) is 21.5 Å². The summed E-state index contributed by atoms with van der Waals surface area (Å²) < 4.78 is 37.1. The minimum absolute atomic E-state index is 0.417. The van der Waals surface area contributed by atoms with Gasteiger partial charge in [-0.25, -0.2) is 9.59 Å². The van der Waals surface area contributed by atoms with Gasteiger partial charge < -0.3 is 28.4 Å². The van der Waals surface area contributed by atoms with Crippen LogP contribution >= 0.6 is 0 Å². The van der Waals surface area contributed by atoms with Gasteiger partial charge in [0.15, 0.2) is 0 Å². The second-order valence-corrected chi connectivity index (χ2v) is 17.3. The minimum Gasteiger partial charge on any atom is -0.494 e. The fourth-order valence-corrected chi connectivity index (χ4v) is 9.00. The van der Waals surface area contributed by atoms with Crippen molar-refractivity contribution in [2.75, 3.05) is 26.4 Å². The number of hydrogen-bond acceptors (Lipinski definition) is 8. The number of carbonyl (C=O) groups is 2. The van der Waals surface area contributed by atoms with Crippen molar-refractivity contribution in [3.05, 3.63) is 131 Å². The highest BCUT2D eigenvalue weighted by Crippen LogP contribution is 2.47. The Morgan fingerprint density at radius 2 is 0.841 bits per heavy atom. The van der Waals surface area contributed by atoms with Crippen molar-refractivity contribution in [1.82, 2.24) is 0 Å². The number of unbranched alkanes of at least 4 members (excludes halogenated alkanes) is 10. The molecule has 6 aromatic rings. The number of hydrogen-bond donors (Lipinski definition) is 0. The summed E-state index contributed by atoms with van der Waals surface area (Å²) >= 11 is 0. The van der Waals surface area contributed by atoms with E-state index in [1.807, 2.05) is 84.9 Å². The largest absolute Gasteiger partial charge is 0.494 e. The highest BCUT2D eigenvalue weighted by Gasteiger charge is 2.42. The van der Waals surface area contributed by atoms with Crippen LogP contribution in [0.15, 0.2) is 109 Å². The Bertz CT molecular complexity index is 2310. The van der Waals surface area contributed by atoms with Gasteiger partial charge in [0.1, 0.15) is 34.5 Å². The molecule has 0 N–H and O–H groups in total. The van der Waals surface area contributed by atoms with E-state index in [4.69, 9.17) is 28.4 Å². The van der Waals surface area contributed by atoms with E-state index in [1.165, 1.54) is 51.4 Å². The number of benzene rings is 6. The van der Waals surface area contributed by atoms with Gasteiger partial charge in [-0.3, -0.25) is 0 Å². The van der Waals surface area contributed by atoms with Crippen molar-refractivity contribution >= 4 is 33.5 Å². The lowest BCUT2D eigenvalue weighted by Crippen LogP contribution is -2.44. The molecule has 2 aliphatic rings. The van der Waals surface area contributed by atoms with Crippen LogP contribution in [0.4, 0.5) is 0 Å². The maximum Gasteiger partial charge on any atom is 0.344 e. The second-order valence-electron chi connectivity index (χ2n) is 17.3. The summed E-state index contributed by atoms with van der Waals surface area (Å²) in [6.07, 6.45) is 15.7. The minimum atomic E-state index is -0.441. The maximum absolute atomic E-state index is 13.9. The summed E-state index contributed by atoms with van der Waals surface area (Å²) in [6.45, 7) is 6.62. The third-order valence-electron chi connectivity index (χ3n) is 12.4. The lowest BCUT2D eigenvalue weighted by molar-refractivity contribution is 0.0496. The number of rotatable bonds is 20. The molecule has 6 aromatic carbocycles. The molecule has 1 spiro atoms. The average molecular weight is 849 g/mol. The Balaban J connectivity index is 0.957. The maximum atomic E-state index is 13.9. The molecule has 0 saturated heterocycles. The summed E-state index contributed by atoms with van der Waals surface area (Å²) in [4.78, 5) is 27.9. The Morgan fingerprint density at radius 1 is 0.476 bits per heavy atom. The van der Waals surface area contributed by atoms with Crippen LogP contribution in [0, 0.1) is 5.41 Å². The average Bonchev–Trinajstić information content (AvgIpc) is 3.31. The molecular weight excluding hydrogens is 789 g/mol. The molecule has 8 heteroatoms. The molecule has 2 aliphatic heterocycles. The fourth-order valence-electron chi connectivity index (χ4n) is 9.00. The first kappa shape index (κ1) is 43.6. The Labute approximate surface area is 371 Å². The Kier molecular flexibility index (Phi) is 14.5. The van der Waals surface area contributed by atoms with Crippen LogP contribution in [-0.4, -0.2) is 38.4 Å². The van der Waals surface area contributed by atoms with Gasteiger partial charge >= 0.3 is 11.9 Å². The second kappa shape index (κ2) is 20.9. The number of fused-ring (bicyclic) bond motifs is 6. The van der Waals surface area contributed by atoms with Gasteiger partial charge in [0.05, 0.1) is 37.6 Å². The molecule has 63 heavy (non-hydrogen) atoms. The summed E-state index contributed by atoms with van der Waals surface area (Å²) in [5, 5.41) is 3.26. The molecule has 328 valence electrons. The van der Waals surface area contributed by atoms with Gasteiger partial charge in [-0.15, -0.1) is 0 Å². The highest BCUT2D eigenvalue weighted by molar-refractivity contribution is 6.09. The van der Waals surface area contributed by atoms with Crippen molar-refractivity contribution < 1.29 is 38.0 Å². The first-order valence-electron chi connectivity index (χ1n) is 23.2. The lowest BCUT2D eigenvalue weighted by atomic mass is 9.73. The molecule has 0 saturated carbocycles. The zero-order chi connectivity index (χ0) is 43.4. The predicted molar refractivity (Wildman–Crippen MR) is 249 cm³/mol. The van der Waals surface area contributed by atoms with E-state index in [0.29, 0.717) is 61.9 Å². The van der Waals surface area contributed by atoms with Crippen molar-refractivity contribution in [2.24, 2.45) is 5.41 Å². The molecule has 0 aromatic heterocycles. The van der Waals surface area contributed by atoms with Crippen LogP contribution in [0.5, 0.6) is 34.5 Å². The lowest BCUT2D eigenvalue weighted by Gasteiger charge is -2.42. The smallest absolute Gasteiger partial charge is 0.344 e. The van der Waals surface area contributed by atoms with Gasteiger partial charge in [-0.2, -0.15) is 0 Å². The number of carbonyl (C=O) groups excluding carboxylic acids is 2. The molecule has 8 rings (SSSR count). The van der Waals surface area contributed by atoms with Gasteiger partial charge in [0.2, 0.25) is 0 Å². The van der Waals surface area contributed by atoms with Crippen molar-refractivity contribution in [3.63, 3.8) is 0 Å². The normalized spacial score (nSPS) is 13.7. The van der Waals surface area contributed by atoms with Crippen LogP contribution < -0.4 is 28.4 Å². The first-order valence-corrected chi connectivity index (χ1v) is 23.2. The van der Waals surface area contributed by atoms with Crippen LogP contribution in [0.3, 0.4) is 0 Å². The predicted octanol–water partition coefficient (Wildman–Crippen LogP) is 13.5. The topological polar surface area (TPSA) is 89.5 Å². The monoisotopic (exact) mass is 848 g/mol. The molecule has 0 fully saturated rings. The van der Waals surface area contributed by atoms with Gasteiger partial charge in [-0.05, 0) is 108 Å². The van der Waals surface area contributed by atoms with E-state index < -0.39 is 17.4 Å². The molecule has 2 heterocycles. The van der Waals surface area contributed by atoms with Crippen LogP contribution in [0.1, 0.15) is 123 Å². The quantitative estimate of drug-likeness (QED) is 0.0426.